The molecule has 0 saturated carbocycles. The molecule has 1 rings (SSSR count). The molecule has 82 valence electrons. The van der Waals surface area contributed by atoms with Gasteiger partial charge in [-0.3, -0.25) is 4.79 Å². The summed E-state index contributed by atoms with van der Waals surface area (Å²) in [4.78, 5) is 11.5. The number of ether oxygens (including phenoxy) is 1. The Morgan fingerprint density at radius 3 is 2.93 bits per heavy atom. The lowest BCUT2D eigenvalue weighted by molar-refractivity contribution is -0.147. The van der Waals surface area contributed by atoms with Gasteiger partial charge in [0.25, 0.3) is 0 Å². The van der Waals surface area contributed by atoms with Gasteiger partial charge in [-0.25, -0.2) is 0 Å². The van der Waals surface area contributed by atoms with Crippen molar-refractivity contribution in [3.8, 4) is 0 Å². The Bertz CT molecular complexity index is 182. The second kappa shape index (κ2) is 6.02. The number of carbonyl (C=O) groups is 1. The maximum absolute atomic E-state index is 11.5. The van der Waals surface area contributed by atoms with E-state index in [0.29, 0.717) is 12.6 Å². The second-order valence-corrected chi connectivity index (χ2v) is 4.07. The predicted octanol–water partition coefficient (Wildman–Crippen LogP) is 1.86. The van der Waals surface area contributed by atoms with E-state index >= 15 is 0 Å². The van der Waals surface area contributed by atoms with Gasteiger partial charge in [-0.05, 0) is 32.6 Å². The van der Waals surface area contributed by atoms with Gasteiger partial charge in [-0.2, -0.15) is 0 Å². The van der Waals surface area contributed by atoms with E-state index in [1.54, 1.807) is 0 Å². The lowest BCUT2D eigenvalue weighted by atomic mass is 10.00. The Morgan fingerprint density at radius 2 is 2.29 bits per heavy atom. The van der Waals surface area contributed by atoms with Crippen LogP contribution in [0.5, 0.6) is 0 Å². The molecule has 1 heterocycles. The maximum atomic E-state index is 11.5. The molecule has 3 heteroatoms. The van der Waals surface area contributed by atoms with Crippen molar-refractivity contribution in [2.24, 2.45) is 0 Å². The van der Waals surface area contributed by atoms with Crippen LogP contribution >= 0.6 is 0 Å². The molecule has 0 radical (unpaired) electrons. The summed E-state index contributed by atoms with van der Waals surface area (Å²) in [5.41, 5.74) is 0. The molecule has 1 aliphatic heterocycles. The van der Waals surface area contributed by atoms with E-state index in [-0.39, 0.29) is 12.0 Å². The molecule has 1 N–H and O–H groups in total. The fourth-order valence-electron chi connectivity index (χ4n) is 1.74. The lowest BCUT2D eigenvalue weighted by Crippen LogP contribution is -2.46. The molecular weight excluding hydrogens is 178 g/mol. The van der Waals surface area contributed by atoms with E-state index in [1.807, 2.05) is 0 Å². The standard InChI is InChI=1S/C11H21NO2/c1-3-4-8-14-11(13)10-7-5-6-9(2)12-10/h9-10,12H,3-8H2,1-2H3/t9-,10?/m1/s1. The zero-order valence-electron chi connectivity index (χ0n) is 9.21. The van der Waals surface area contributed by atoms with Crippen molar-refractivity contribution in [3.63, 3.8) is 0 Å². The molecule has 0 aromatic heterocycles. The summed E-state index contributed by atoms with van der Waals surface area (Å²) >= 11 is 0. The van der Waals surface area contributed by atoms with Gasteiger partial charge in [0, 0.05) is 6.04 Å². The molecule has 0 aromatic rings. The van der Waals surface area contributed by atoms with Crippen molar-refractivity contribution in [2.45, 2.75) is 58.0 Å². The molecule has 0 aromatic carbocycles. The monoisotopic (exact) mass is 199 g/mol. The molecule has 1 fully saturated rings. The SMILES string of the molecule is CCCCOC(=O)C1CCC[C@@H](C)N1. The molecule has 1 saturated heterocycles. The highest BCUT2D eigenvalue weighted by Gasteiger charge is 2.24. The lowest BCUT2D eigenvalue weighted by Gasteiger charge is -2.27. The van der Waals surface area contributed by atoms with Crippen LogP contribution in [0.3, 0.4) is 0 Å². The summed E-state index contributed by atoms with van der Waals surface area (Å²) in [7, 11) is 0. The molecule has 2 atom stereocenters. The highest BCUT2D eigenvalue weighted by Crippen LogP contribution is 2.13. The van der Waals surface area contributed by atoms with Gasteiger partial charge in [0.1, 0.15) is 6.04 Å². The van der Waals surface area contributed by atoms with Crippen LogP contribution in [-0.4, -0.2) is 24.7 Å². The topological polar surface area (TPSA) is 38.3 Å². The Labute approximate surface area is 86.2 Å². The third-order valence-electron chi connectivity index (χ3n) is 2.64. The highest BCUT2D eigenvalue weighted by molar-refractivity contribution is 5.75. The molecule has 0 aliphatic carbocycles. The molecule has 14 heavy (non-hydrogen) atoms. The zero-order chi connectivity index (χ0) is 10.4. The van der Waals surface area contributed by atoms with E-state index in [0.717, 1.165) is 25.7 Å². The Morgan fingerprint density at radius 1 is 1.50 bits per heavy atom. The fraction of sp³-hybridized carbons (Fsp3) is 0.909. The van der Waals surface area contributed by atoms with Crippen molar-refractivity contribution < 1.29 is 9.53 Å². The highest BCUT2D eigenvalue weighted by atomic mass is 16.5. The molecular formula is C11H21NO2. The van der Waals surface area contributed by atoms with Gasteiger partial charge in [-0.15, -0.1) is 0 Å². The smallest absolute Gasteiger partial charge is 0.323 e. The minimum Gasteiger partial charge on any atom is -0.465 e. The van der Waals surface area contributed by atoms with Crippen LogP contribution in [0.15, 0.2) is 0 Å². The number of esters is 1. The molecule has 0 bridgehead atoms. The number of rotatable bonds is 4. The van der Waals surface area contributed by atoms with Crippen LogP contribution in [0.4, 0.5) is 0 Å². The number of unbranched alkanes of at least 4 members (excludes halogenated alkanes) is 1. The van der Waals surface area contributed by atoms with E-state index in [9.17, 15) is 4.79 Å². The van der Waals surface area contributed by atoms with Crippen LogP contribution in [0.2, 0.25) is 0 Å². The number of carbonyl (C=O) groups excluding carboxylic acids is 1. The summed E-state index contributed by atoms with van der Waals surface area (Å²) in [6.07, 6.45) is 5.26. The van der Waals surface area contributed by atoms with Gasteiger partial charge < -0.3 is 10.1 Å². The second-order valence-electron chi connectivity index (χ2n) is 4.07. The van der Waals surface area contributed by atoms with Crippen LogP contribution in [0.1, 0.15) is 46.0 Å². The number of piperidine rings is 1. The average Bonchev–Trinajstić information content (AvgIpc) is 2.18. The first-order valence-electron chi connectivity index (χ1n) is 5.66. The van der Waals surface area contributed by atoms with E-state index in [4.69, 9.17) is 4.74 Å². The van der Waals surface area contributed by atoms with E-state index in [1.165, 1.54) is 6.42 Å². The third-order valence-corrected chi connectivity index (χ3v) is 2.64. The van der Waals surface area contributed by atoms with Crippen molar-refractivity contribution in [2.75, 3.05) is 6.61 Å². The van der Waals surface area contributed by atoms with Crippen LogP contribution < -0.4 is 5.32 Å². The number of hydrogen-bond acceptors (Lipinski definition) is 3. The predicted molar refractivity (Wildman–Crippen MR) is 56.1 cm³/mol. The van der Waals surface area contributed by atoms with Crippen molar-refractivity contribution in [1.29, 1.82) is 0 Å². The summed E-state index contributed by atoms with van der Waals surface area (Å²) in [6.45, 7) is 4.78. The van der Waals surface area contributed by atoms with Gasteiger partial charge in [-0.1, -0.05) is 13.3 Å². The van der Waals surface area contributed by atoms with Crippen molar-refractivity contribution in [3.05, 3.63) is 0 Å². The van der Waals surface area contributed by atoms with Gasteiger partial charge in [0.2, 0.25) is 0 Å². The quantitative estimate of drug-likeness (QED) is 0.555. The molecule has 1 aliphatic rings. The minimum atomic E-state index is -0.0648. The average molecular weight is 199 g/mol. The molecule has 3 nitrogen and oxygen atoms in total. The first-order valence-corrected chi connectivity index (χ1v) is 5.66. The Hall–Kier alpha value is -0.570. The largest absolute Gasteiger partial charge is 0.465 e. The van der Waals surface area contributed by atoms with Crippen LogP contribution in [-0.2, 0) is 9.53 Å². The molecule has 0 amide bonds. The minimum absolute atomic E-state index is 0.0596. The van der Waals surface area contributed by atoms with Gasteiger partial charge in [0.15, 0.2) is 0 Å². The van der Waals surface area contributed by atoms with Crippen molar-refractivity contribution in [1.82, 2.24) is 5.32 Å². The fourth-order valence-corrected chi connectivity index (χ4v) is 1.74. The molecule has 0 spiro atoms. The van der Waals surface area contributed by atoms with Crippen LogP contribution in [0, 0.1) is 0 Å². The number of hydrogen-bond donors (Lipinski definition) is 1. The Balaban J connectivity index is 2.22. The van der Waals surface area contributed by atoms with Gasteiger partial charge in [0.05, 0.1) is 6.61 Å². The summed E-state index contributed by atoms with van der Waals surface area (Å²) in [6, 6.07) is 0.392. The first-order chi connectivity index (χ1) is 6.74. The third kappa shape index (κ3) is 3.66. The summed E-state index contributed by atoms with van der Waals surface area (Å²) in [5, 5.41) is 3.27. The summed E-state index contributed by atoms with van der Waals surface area (Å²) < 4.78 is 5.17. The maximum Gasteiger partial charge on any atom is 0.323 e. The van der Waals surface area contributed by atoms with Gasteiger partial charge >= 0.3 is 5.97 Å². The summed E-state index contributed by atoms with van der Waals surface area (Å²) in [5.74, 6) is -0.0648. The molecule has 1 unspecified atom stereocenters. The normalized spacial score (nSPS) is 27.3. The van der Waals surface area contributed by atoms with E-state index < -0.39 is 0 Å². The van der Waals surface area contributed by atoms with E-state index in [2.05, 4.69) is 19.2 Å². The zero-order valence-corrected chi connectivity index (χ0v) is 9.21. The number of nitrogens with one attached hydrogen (secondary N) is 1. The van der Waals surface area contributed by atoms with Crippen molar-refractivity contribution >= 4 is 5.97 Å². The van der Waals surface area contributed by atoms with Crippen LogP contribution in [0.25, 0.3) is 0 Å². The Kier molecular flexibility index (Phi) is 4.94. The first kappa shape index (κ1) is 11.5.